The molecule has 0 saturated carbocycles. The molecule has 1 atom stereocenters. The summed E-state index contributed by atoms with van der Waals surface area (Å²) in [5.74, 6) is 5.72. The van der Waals surface area contributed by atoms with E-state index in [9.17, 15) is 0 Å². The van der Waals surface area contributed by atoms with Gasteiger partial charge in [0.15, 0.2) is 0 Å². The lowest BCUT2D eigenvalue weighted by Crippen LogP contribution is -2.31. The van der Waals surface area contributed by atoms with Crippen LogP contribution in [-0.2, 0) is 11.8 Å². The third-order valence-corrected chi connectivity index (χ3v) is 4.25. The highest BCUT2D eigenvalue weighted by Gasteiger charge is 2.27. The highest BCUT2D eigenvalue weighted by atomic mass is 79.9. The van der Waals surface area contributed by atoms with Crippen molar-refractivity contribution < 1.29 is 0 Å². The molecule has 0 radical (unpaired) electrons. The Morgan fingerprint density at radius 3 is 2.70 bits per heavy atom. The van der Waals surface area contributed by atoms with Gasteiger partial charge in [0.2, 0.25) is 0 Å². The van der Waals surface area contributed by atoms with Gasteiger partial charge in [-0.3, -0.25) is 16.3 Å². The summed E-state index contributed by atoms with van der Waals surface area (Å²) in [5, 5.41) is 4.26. The Hall–Kier alpha value is -0.890. The summed E-state index contributed by atoms with van der Waals surface area (Å²) in [4.78, 5) is 5.46. The Kier molecular flexibility index (Phi) is 4.85. The second-order valence-electron chi connectivity index (χ2n) is 5.63. The van der Waals surface area contributed by atoms with Crippen LogP contribution in [0.3, 0.4) is 0 Å². The molecule has 2 aromatic heterocycles. The summed E-state index contributed by atoms with van der Waals surface area (Å²) < 4.78 is 5.05. The molecule has 108 valence electrons. The van der Waals surface area contributed by atoms with Crippen LogP contribution in [0.25, 0.3) is 0 Å². The minimum absolute atomic E-state index is 0.0297. The first-order valence-corrected chi connectivity index (χ1v) is 7.87. The average Bonchev–Trinajstić information content (AvgIpc) is 2.87. The number of hydrogen-bond acceptors (Lipinski definition) is 6. The summed E-state index contributed by atoms with van der Waals surface area (Å²) in [7, 11) is 0. The number of nitrogens with zero attached hydrogens (tertiary/aromatic N) is 3. The Bertz CT molecular complexity index is 561. The van der Waals surface area contributed by atoms with Crippen LogP contribution in [0, 0.1) is 0 Å². The zero-order chi connectivity index (χ0) is 14.8. The van der Waals surface area contributed by atoms with Crippen LogP contribution in [0.15, 0.2) is 22.8 Å². The van der Waals surface area contributed by atoms with E-state index in [0.717, 1.165) is 20.7 Å². The number of hydrogen-bond donors (Lipinski definition) is 2. The number of hydrazine groups is 1. The molecule has 2 rings (SSSR count). The van der Waals surface area contributed by atoms with Crippen molar-refractivity contribution >= 4 is 27.5 Å². The smallest absolute Gasteiger partial charge is 0.0857 e. The number of nitrogens with one attached hydrogen (secondary N) is 1. The van der Waals surface area contributed by atoms with Gasteiger partial charge in [0.05, 0.1) is 16.6 Å². The van der Waals surface area contributed by atoms with E-state index < -0.39 is 0 Å². The van der Waals surface area contributed by atoms with Crippen LogP contribution in [0.2, 0.25) is 0 Å². The van der Waals surface area contributed by atoms with E-state index in [1.807, 2.05) is 12.1 Å². The predicted octanol–water partition coefficient (Wildman–Crippen LogP) is 2.74. The lowest BCUT2D eigenvalue weighted by atomic mass is 9.89. The molecule has 0 aliphatic carbocycles. The summed E-state index contributed by atoms with van der Waals surface area (Å²) in [6.45, 7) is 6.37. The van der Waals surface area contributed by atoms with Crippen molar-refractivity contribution in [1.29, 1.82) is 0 Å². The molecule has 20 heavy (non-hydrogen) atoms. The molecule has 2 aromatic rings. The van der Waals surface area contributed by atoms with Crippen LogP contribution in [0.4, 0.5) is 0 Å². The molecular formula is C13H18BrN5S. The number of rotatable bonds is 4. The SMILES string of the molecule is CC(C)(C)c1nnsc1C(Cc1ccc(Br)cn1)NN. The minimum Gasteiger partial charge on any atom is -0.271 e. The highest BCUT2D eigenvalue weighted by Crippen LogP contribution is 2.31. The van der Waals surface area contributed by atoms with Gasteiger partial charge in [-0.05, 0) is 39.6 Å². The van der Waals surface area contributed by atoms with Crippen LogP contribution in [0.5, 0.6) is 0 Å². The zero-order valence-corrected chi connectivity index (χ0v) is 14.1. The van der Waals surface area contributed by atoms with Crippen molar-refractivity contribution in [3.05, 3.63) is 39.1 Å². The topological polar surface area (TPSA) is 76.7 Å². The van der Waals surface area contributed by atoms with E-state index in [-0.39, 0.29) is 11.5 Å². The quantitative estimate of drug-likeness (QED) is 0.651. The lowest BCUT2D eigenvalue weighted by molar-refractivity contribution is 0.512. The van der Waals surface area contributed by atoms with Crippen LogP contribution < -0.4 is 11.3 Å². The molecule has 5 nitrogen and oxygen atoms in total. The number of halogens is 1. The number of nitrogens with two attached hydrogens (primary N) is 1. The van der Waals surface area contributed by atoms with E-state index in [1.54, 1.807) is 6.20 Å². The monoisotopic (exact) mass is 355 g/mol. The van der Waals surface area contributed by atoms with Gasteiger partial charge in [-0.1, -0.05) is 25.3 Å². The van der Waals surface area contributed by atoms with Gasteiger partial charge >= 0.3 is 0 Å². The second-order valence-corrected chi connectivity index (χ2v) is 7.33. The van der Waals surface area contributed by atoms with Gasteiger partial charge in [0.1, 0.15) is 0 Å². The maximum atomic E-state index is 5.72. The zero-order valence-electron chi connectivity index (χ0n) is 11.7. The highest BCUT2D eigenvalue weighted by molar-refractivity contribution is 9.10. The largest absolute Gasteiger partial charge is 0.271 e. The molecule has 0 amide bonds. The standard InChI is InChI=1S/C13H18BrN5S/c1-13(2,3)12-11(20-19-18-12)10(17-15)6-9-5-4-8(14)7-16-9/h4-5,7,10,17H,6,15H2,1-3H3. The Morgan fingerprint density at radius 2 is 2.15 bits per heavy atom. The Labute approximate surface area is 131 Å². The molecule has 0 aliphatic rings. The molecule has 7 heteroatoms. The normalized spacial score (nSPS) is 13.4. The van der Waals surface area contributed by atoms with Gasteiger partial charge in [0.25, 0.3) is 0 Å². The van der Waals surface area contributed by atoms with Crippen LogP contribution >= 0.6 is 27.5 Å². The lowest BCUT2D eigenvalue weighted by Gasteiger charge is -2.21. The maximum Gasteiger partial charge on any atom is 0.0857 e. The first kappa shape index (κ1) is 15.5. The van der Waals surface area contributed by atoms with Crippen molar-refractivity contribution in [3.8, 4) is 0 Å². The molecule has 0 saturated heterocycles. The van der Waals surface area contributed by atoms with Gasteiger partial charge in [-0.2, -0.15) is 0 Å². The maximum absolute atomic E-state index is 5.72. The first-order valence-electron chi connectivity index (χ1n) is 6.31. The van der Waals surface area contributed by atoms with E-state index in [4.69, 9.17) is 5.84 Å². The third-order valence-electron chi connectivity index (χ3n) is 2.94. The fraction of sp³-hybridized carbons (Fsp3) is 0.462. The number of aromatic nitrogens is 3. The summed E-state index contributed by atoms with van der Waals surface area (Å²) in [5.41, 5.74) is 4.77. The van der Waals surface area contributed by atoms with Crippen molar-refractivity contribution in [1.82, 2.24) is 20.0 Å². The molecule has 0 fully saturated rings. The van der Waals surface area contributed by atoms with Crippen molar-refractivity contribution in [3.63, 3.8) is 0 Å². The minimum atomic E-state index is -0.0510. The first-order chi connectivity index (χ1) is 9.41. The van der Waals surface area contributed by atoms with Crippen molar-refractivity contribution in [2.45, 2.75) is 38.6 Å². The van der Waals surface area contributed by atoms with Gasteiger partial charge in [-0.25, -0.2) is 0 Å². The van der Waals surface area contributed by atoms with Crippen LogP contribution in [0.1, 0.15) is 43.1 Å². The van der Waals surface area contributed by atoms with Gasteiger partial charge < -0.3 is 0 Å². The predicted molar refractivity (Wildman–Crippen MR) is 84.3 cm³/mol. The fourth-order valence-corrected chi connectivity index (χ4v) is 3.07. The molecule has 0 aliphatic heterocycles. The summed E-state index contributed by atoms with van der Waals surface area (Å²) >= 11 is 4.78. The molecule has 0 aromatic carbocycles. The van der Waals surface area contributed by atoms with E-state index >= 15 is 0 Å². The Morgan fingerprint density at radius 1 is 1.40 bits per heavy atom. The van der Waals surface area contributed by atoms with E-state index in [2.05, 4.69) is 56.7 Å². The summed E-state index contributed by atoms with van der Waals surface area (Å²) in [6, 6.07) is 3.93. The molecule has 0 bridgehead atoms. The average molecular weight is 356 g/mol. The molecule has 0 spiro atoms. The summed E-state index contributed by atoms with van der Waals surface area (Å²) in [6.07, 6.45) is 2.50. The van der Waals surface area contributed by atoms with E-state index in [1.165, 1.54) is 11.5 Å². The van der Waals surface area contributed by atoms with Crippen molar-refractivity contribution in [2.75, 3.05) is 0 Å². The third kappa shape index (κ3) is 3.60. The molecule has 3 N–H and O–H groups in total. The van der Waals surface area contributed by atoms with Gasteiger partial charge in [-0.15, -0.1) is 5.10 Å². The number of pyridine rings is 1. The molecule has 1 unspecified atom stereocenters. The van der Waals surface area contributed by atoms with Crippen LogP contribution in [-0.4, -0.2) is 14.6 Å². The fourth-order valence-electron chi connectivity index (χ4n) is 1.91. The second kappa shape index (κ2) is 6.26. The molecule has 2 heterocycles. The Balaban J connectivity index is 2.25. The van der Waals surface area contributed by atoms with Crippen molar-refractivity contribution in [2.24, 2.45) is 5.84 Å². The van der Waals surface area contributed by atoms with E-state index in [0.29, 0.717) is 6.42 Å². The van der Waals surface area contributed by atoms with Gasteiger partial charge in [0, 0.05) is 28.2 Å². The molecular weight excluding hydrogens is 338 g/mol.